The molecule has 3 rings (SSSR count). The lowest BCUT2D eigenvalue weighted by Crippen LogP contribution is -2.39. The second kappa shape index (κ2) is 10.6. The SMILES string of the molecule is CCN(CC)CCn1c2c(c(SCC(=O)N3CCC(C)CC3)nc1=O)CCCC2. The molecule has 1 fully saturated rings. The Balaban J connectivity index is 1.72. The maximum atomic E-state index is 12.8. The number of aromatic nitrogens is 2. The zero-order valence-corrected chi connectivity index (χ0v) is 19.1. The van der Waals surface area contributed by atoms with Crippen molar-refractivity contribution in [2.75, 3.05) is 38.5 Å². The second-order valence-electron chi connectivity index (χ2n) is 8.36. The number of thioether (sulfide) groups is 1. The molecule has 0 unspecified atom stereocenters. The van der Waals surface area contributed by atoms with Gasteiger partial charge in [-0.15, -0.1) is 0 Å². The number of nitrogens with zero attached hydrogens (tertiary/aromatic N) is 4. The molecule has 1 aliphatic heterocycles. The number of carbonyl (C=O) groups is 1. The van der Waals surface area contributed by atoms with E-state index in [-0.39, 0.29) is 11.6 Å². The summed E-state index contributed by atoms with van der Waals surface area (Å²) in [6.45, 7) is 11.8. The first-order valence-corrected chi connectivity index (χ1v) is 12.3. The summed E-state index contributed by atoms with van der Waals surface area (Å²) in [7, 11) is 0. The third-order valence-electron chi connectivity index (χ3n) is 6.45. The Morgan fingerprint density at radius 3 is 2.55 bits per heavy atom. The minimum absolute atomic E-state index is 0.153. The zero-order chi connectivity index (χ0) is 20.8. The number of likely N-dealkylation sites (N-methyl/N-ethyl adjacent to an activating group) is 1. The highest BCUT2D eigenvalue weighted by molar-refractivity contribution is 7.99. The molecule has 6 nitrogen and oxygen atoms in total. The molecular weight excluding hydrogens is 384 g/mol. The molecule has 1 aromatic heterocycles. The van der Waals surface area contributed by atoms with Gasteiger partial charge in [-0.05, 0) is 57.5 Å². The van der Waals surface area contributed by atoms with Crippen LogP contribution in [0.4, 0.5) is 0 Å². The molecule has 2 heterocycles. The lowest BCUT2D eigenvalue weighted by atomic mass is 9.97. The fourth-order valence-electron chi connectivity index (χ4n) is 4.36. The Labute approximate surface area is 179 Å². The van der Waals surface area contributed by atoms with Crippen molar-refractivity contribution in [3.05, 3.63) is 21.7 Å². The third-order valence-corrected chi connectivity index (χ3v) is 7.46. The molecule has 7 heteroatoms. The van der Waals surface area contributed by atoms with Gasteiger partial charge in [-0.25, -0.2) is 4.79 Å². The van der Waals surface area contributed by atoms with E-state index < -0.39 is 0 Å². The Morgan fingerprint density at radius 1 is 1.17 bits per heavy atom. The van der Waals surface area contributed by atoms with E-state index >= 15 is 0 Å². The average molecular weight is 421 g/mol. The molecule has 0 aromatic carbocycles. The molecule has 1 saturated heterocycles. The number of hydrogen-bond donors (Lipinski definition) is 0. The van der Waals surface area contributed by atoms with Crippen molar-refractivity contribution < 1.29 is 4.79 Å². The van der Waals surface area contributed by atoms with Crippen LogP contribution in [-0.2, 0) is 24.2 Å². The van der Waals surface area contributed by atoms with Crippen molar-refractivity contribution in [1.82, 2.24) is 19.4 Å². The van der Waals surface area contributed by atoms with Gasteiger partial charge in [0.15, 0.2) is 0 Å². The maximum absolute atomic E-state index is 12.8. The van der Waals surface area contributed by atoms with Crippen molar-refractivity contribution in [1.29, 1.82) is 0 Å². The molecule has 0 N–H and O–H groups in total. The minimum Gasteiger partial charge on any atom is -0.342 e. The molecule has 1 aliphatic carbocycles. The summed E-state index contributed by atoms with van der Waals surface area (Å²) >= 11 is 1.47. The summed E-state index contributed by atoms with van der Waals surface area (Å²) in [5, 5.41) is 0.794. The molecule has 0 bridgehead atoms. The lowest BCUT2D eigenvalue weighted by molar-refractivity contribution is -0.129. The number of carbonyl (C=O) groups excluding carboxylic acids is 1. The van der Waals surface area contributed by atoms with Crippen molar-refractivity contribution in [2.45, 2.75) is 70.9 Å². The maximum Gasteiger partial charge on any atom is 0.348 e. The van der Waals surface area contributed by atoms with Gasteiger partial charge in [0.2, 0.25) is 5.91 Å². The summed E-state index contributed by atoms with van der Waals surface area (Å²) < 4.78 is 1.89. The van der Waals surface area contributed by atoms with E-state index in [0.29, 0.717) is 18.2 Å². The predicted molar refractivity (Wildman–Crippen MR) is 119 cm³/mol. The quantitative estimate of drug-likeness (QED) is 0.478. The van der Waals surface area contributed by atoms with Crippen LogP contribution in [0, 0.1) is 5.92 Å². The van der Waals surface area contributed by atoms with Crippen molar-refractivity contribution in [3.8, 4) is 0 Å². The van der Waals surface area contributed by atoms with Crippen LogP contribution in [0.15, 0.2) is 9.82 Å². The van der Waals surface area contributed by atoms with Crippen LogP contribution in [0.3, 0.4) is 0 Å². The Morgan fingerprint density at radius 2 is 1.86 bits per heavy atom. The van der Waals surface area contributed by atoms with Gasteiger partial charge in [0.05, 0.1) is 5.75 Å². The van der Waals surface area contributed by atoms with Gasteiger partial charge >= 0.3 is 5.69 Å². The normalized spacial score (nSPS) is 17.6. The number of hydrogen-bond acceptors (Lipinski definition) is 5. The van der Waals surface area contributed by atoms with Gasteiger partial charge < -0.3 is 9.80 Å². The van der Waals surface area contributed by atoms with Crippen LogP contribution in [-0.4, -0.2) is 63.7 Å². The number of rotatable bonds is 8. The third kappa shape index (κ3) is 5.63. The molecule has 1 amide bonds. The molecule has 0 atom stereocenters. The van der Waals surface area contributed by atoms with Gasteiger partial charge in [-0.1, -0.05) is 32.5 Å². The average Bonchev–Trinajstić information content (AvgIpc) is 2.74. The highest BCUT2D eigenvalue weighted by Gasteiger charge is 2.24. The lowest BCUT2D eigenvalue weighted by Gasteiger charge is -2.30. The van der Waals surface area contributed by atoms with E-state index in [1.807, 2.05) is 9.47 Å². The molecule has 0 radical (unpaired) electrons. The molecular formula is C22H36N4O2S. The summed E-state index contributed by atoms with van der Waals surface area (Å²) in [6.07, 6.45) is 6.34. The first-order valence-electron chi connectivity index (χ1n) is 11.3. The molecule has 1 aromatic rings. The summed E-state index contributed by atoms with van der Waals surface area (Å²) in [5.41, 5.74) is 2.21. The van der Waals surface area contributed by atoms with Gasteiger partial charge in [0.1, 0.15) is 5.03 Å². The Kier molecular flexibility index (Phi) is 8.18. The fourth-order valence-corrected chi connectivity index (χ4v) is 5.34. The van der Waals surface area contributed by atoms with Crippen molar-refractivity contribution in [2.24, 2.45) is 5.92 Å². The molecule has 0 saturated carbocycles. The van der Waals surface area contributed by atoms with Crippen LogP contribution in [0.5, 0.6) is 0 Å². The number of amides is 1. The van der Waals surface area contributed by atoms with Crippen LogP contribution in [0.1, 0.15) is 57.7 Å². The topological polar surface area (TPSA) is 58.4 Å². The van der Waals surface area contributed by atoms with E-state index in [2.05, 4.69) is 30.7 Å². The van der Waals surface area contributed by atoms with Crippen LogP contribution in [0.2, 0.25) is 0 Å². The van der Waals surface area contributed by atoms with Crippen LogP contribution >= 0.6 is 11.8 Å². The van der Waals surface area contributed by atoms with Gasteiger partial charge in [0.25, 0.3) is 0 Å². The fraction of sp³-hybridized carbons (Fsp3) is 0.773. The van der Waals surface area contributed by atoms with Gasteiger partial charge in [-0.3, -0.25) is 9.36 Å². The van der Waals surface area contributed by atoms with E-state index in [9.17, 15) is 9.59 Å². The van der Waals surface area contributed by atoms with E-state index in [4.69, 9.17) is 0 Å². The molecule has 29 heavy (non-hydrogen) atoms. The minimum atomic E-state index is -0.153. The van der Waals surface area contributed by atoms with E-state index in [1.54, 1.807) is 0 Å². The first-order chi connectivity index (χ1) is 14.0. The van der Waals surface area contributed by atoms with E-state index in [0.717, 1.165) is 82.0 Å². The standard InChI is InChI=1S/C22H36N4O2S/c1-4-24(5-2)14-15-26-19-9-7-6-8-18(19)21(23-22(26)28)29-16-20(27)25-12-10-17(3)11-13-25/h17H,4-16H2,1-3H3. The van der Waals surface area contributed by atoms with Crippen LogP contribution < -0.4 is 5.69 Å². The van der Waals surface area contributed by atoms with Gasteiger partial charge in [-0.2, -0.15) is 4.98 Å². The molecule has 162 valence electrons. The summed E-state index contributed by atoms with van der Waals surface area (Å²) in [4.78, 5) is 34.2. The van der Waals surface area contributed by atoms with Crippen LogP contribution in [0.25, 0.3) is 0 Å². The van der Waals surface area contributed by atoms with Gasteiger partial charge in [0, 0.05) is 37.4 Å². The predicted octanol–water partition coefficient (Wildman–Crippen LogP) is 2.81. The Hall–Kier alpha value is -1.34. The first kappa shape index (κ1) is 22.3. The zero-order valence-electron chi connectivity index (χ0n) is 18.3. The number of piperidine rings is 1. The molecule has 0 spiro atoms. The number of fused-ring (bicyclic) bond motifs is 1. The highest BCUT2D eigenvalue weighted by Crippen LogP contribution is 2.29. The number of likely N-dealkylation sites (tertiary alicyclic amines) is 1. The highest BCUT2D eigenvalue weighted by atomic mass is 32.2. The smallest absolute Gasteiger partial charge is 0.342 e. The monoisotopic (exact) mass is 420 g/mol. The largest absolute Gasteiger partial charge is 0.348 e. The van der Waals surface area contributed by atoms with E-state index in [1.165, 1.54) is 17.3 Å². The molecule has 2 aliphatic rings. The van der Waals surface area contributed by atoms with Crippen molar-refractivity contribution in [3.63, 3.8) is 0 Å². The summed E-state index contributed by atoms with van der Waals surface area (Å²) in [5.74, 6) is 1.28. The second-order valence-corrected chi connectivity index (χ2v) is 9.33. The summed E-state index contributed by atoms with van der Waals surface area (Å²) in [6, 6.07) is 0. The Bertz CT molecular complexity index is 752. The van der Waals surface area contributed by atoms with Crippen molar-refractivity contribution >= 4 is 17.7 Å².